The number of aromatic nitrogens is 2. The number of hydrogen-bond acceptors (Lipinski definition) is 4. The van der Waals surface area contributed by atoms with Gasteiger partial charge in [0, 0.05) is 18.2 Å². The second kappa shape index (κ2) is 2.22. The molecule has 1 aromatic heterocycles. The zero-order valence-corrected chi connectivity index (χ0v) is 5.37. The number of anilines is 1. The van der Waals surface area contributed by atoms with Crippen LogP contribution in [0.4, 0.5) is 5.82 Å². The smallest absolute Gasteiger partial charge is 0.156 e. The molecule has 52 valence electrons. The summed E-state index contributed by atoms with van der Waals surface area (Å²) in [6.07, 6.45) is 4.20. The van der Waals surface area contributed by atoms with Crippen molar-refractivity contribution < 1.29 is 4.84 Å². The van der Waals surface area contributed by atoms with Crippen molar-refractivity contribution in [1.29, 1.82) is 0 Å². The Kier molecular flexibility index (Phi) is 1.25. The highest BCUT2D eigenvalue weighted by atomic mass is 16.6. The summed E-state index contributed by atoms with van der Waals surface area (Å²) in [6.45, 7) is 0.695. The second-order valence-corrected chi connectivity index (χ2v) is 2.10. The van der Waals surface area contributed by atoms with E-state index in [1.54, 1.807) is 6.20 Å². The van der Waals surface area contributed by atoms with Crippen LogP contribution >= 0.6 is 0 Å². The second-order valence-electron chi connectivity index (χ2n) is 2.10. The van der Waals surface area contributed by atoms with E-state index in [0.717, 1.165) is 17.8 Å². The summed E-state index contributed by atoms with van der Waals surface area (Å²) < 4.78 is 0. The molecule has 0 aromatic carbocycles. The zero-order chi connectivity index (χ0) is 6.81. The molecule has 0 saturated carbocycles. The van der Waals surface area contributed by atoms with Gasteiger partial charge in [0.2, 0.25) is 0 Å². The Labute approximate surface area is 58.2 Å². The molecule has 4 heteroatoms. The fourth-order valence-corrected chi connectivity index (χ4v) is 0.914. The van der Waals surface area contributed by atoms with E-state index in [1.165, 1.54) is 6.33 Å². The van der Waals surface area contributed by atoms with Crippen LogP contribution < -0.4 is 5.48 Å². The zero-order valence-electron chi connectivity index (χ0n) is 5.37. The Bertz CT molecular complexity index is 213. The van der Waals surface area contributed by atoms with Gasteiger partial charge >= 0.3 is 0 Å². The summed E-state index contributed by atoms with van der Waals surface area (Å²) in [5.41, 5.74) is 3.83. The van der Waals surface area contributed by atoms with Gasteiger partial charge in [-0.15, -0.1) is 0 Å². The van der Waals surface area contributed by atoms with Gasteiger partial charge in [-0.2, -0.15) is 0 Å². The van der Waals surface area contributed by atoms with Crippen molar-refractivity contribution in [1.82, 2.24) is 9.97 Å². The van der Waals surface area contributed by atoms with Gasteiger partial charge in [-0.3, -0.25) is 4.84 Å². The van der Waals surface area contributed by atoms with Crippen molar-refractivity contribution in [3.05, 3.63) is 18.1 Å². The molecule has 0 aliphatic carbocycles. The third kappa shape index (κ3) is 0.823. The number of rotatable bonds is 0. The molecule has 0 radical (unpaired) electrons. The van der Waals surface area contributed by atoms with Crippen LogP contribution in [0.1, 0.15) is 5.56 Å². The minimum atomic E-state index is 0.695. The fraction of sp³-hybridized carbons (Fsp3) is 0.333. The van der Waals surface area contributed by atoms with Gasteiger partial charge in [0.05, 0.1) is 6.61 Å². The third-order valence-electron chi connectivity index (χ3n) is 1.43. The summed E-state index contributed by atoms with van der Waals surface area (Å²) in [5.74, 6) is 0.793. The van der Waals surface area contributed by atoms with Crippen LogP contribution in [-0.2, 0) is 11.3 Å². The predicted molar refractivity (Wildman–Crippen MR) is 35.3 cm³/mol. The van der Waals surface area contributed by atoms with Crippen LogP contribution in [0, 0.1) is 0 Å². The quantitative estimate of drug-likeness (QED) is 0.561. The number of nitrogens with zero attached hydrogens (tertiary/aromatic N) is 2. The monoisotopic (exact) mass is 137 g/mol. The molecule has 1 N–H and O–H groups in total. The van der Waals surface area contributed by atoms with Crippen molar-refractivity contribution in [2.75, 3.05) is 12.1 Å². The highest BCUT2D eigenvalue weighted by Crippen LogP contribution is 2.14. The summed E-state index contributed by atoms with van der Waals surface area (Å²) in [6, 6.07) is 0. The van der Waals surface area contributed by atoms with Gasteiger partial charge in [0.15, 0.2) is 5.82 Å². The number of nitrogens with one attached hydrogen (secondary N) is 1. The van der Waals surface area contributed by atoms with Crippen molar-refractivity contribution in [2.24, 2.45) is 0 Å². The largest absolute Gasteiger partial charge is 0.274 e. The van der Waals surface area contributed by atoms with E-state index in [0.29, 0.717) is 6.61 Å². The average Bonchev–Trinajstić information content (AvgIpc) is 2.05. The van der Waals surface area contributed by atoms with Crippen molar-refractivity contribution >= 4 is 5.82 Å². The Morgan fingerprint density at radius 1 is 1.60 bits per heavy atom. The molecule has 2 heterocycles. The minimum absolute atomic E-state index is 0.695. The summed E-state index contributed by atoms with van der Waals surface area (Å²) in [5, 5.41) is 0. The van der Waals surface area contributed by atoms with Crippen LogP contribution in [0.5, 0.6) is 0 Å². The molecule has 4 nitrogen and oxygen atoms in total. The molecule has 0 bridgehead atoms. The highest BCUT2D eigenvalue weighted by Gasteiger charge is 2.08. The standard InChI is InChI=1S/C6H7N3O/c1-2-10-9-6-5(1)3-7-4-8-6/h3-4H,1-2H2,(H,7,8,9). The van der Waals surface area contributed by atoms with E-state index in [2.05, 4.69) is 15.4 Å². The third-order valence-corrected chi connectivity index (χ3v) is 1.43. The van der Waals surface area contributed by atoms with Crippen LogP contribution in [-0.4, -0.2) is 16.6 Å². The van der Waals surface area contributed by atoms with E-state index in [-0.39, 0.29) is 0 Å². The summed E-state index contributed by atoms with van der Waals surface area (Å²) >= 11 is 0. The van der Waals surface area contributed by atoms with Crippen molar-refractivity contribution in [3.63, 3.8) is 0 Å². The Morgan fingerprint density at radius 3 is 3.50 bits per heavy atom. The van der Waals surface area contributed by atoms with Gasteiger partial charge in [0.1, 0.15) is 6.33 Å². The lowest BCUT2D eigenvalue weighted by Crippen LogP contribution is -2.15. The molecule has 0 fully saturated rings. The molecule has 0 saturated heterocycles. The van der Waals surface area contributed by atoms with E-state index < -0.39 is 0 Å². The van der Waals surface area contributed by atoms with Gasteiger partial charge in [-0.1, -0.05) is 0 Å². The fourth-order valence-electron chi connectivity index (χ4n) is 0.914. The van der Waals surface area contributed by atoms with Gasteiger partial charge < -0.3 is 0 Å². The van der Waals surface area contributed by atoms with Crippen LogP contribution in [0.25, 0.3) is 0 Å². The van der Waals surface area contributed by atoms with Crippen molar-refractivity contribution in [3.8, 4) is 0 Å². The molecule has 0 spiro atoms. The Balaban J connectivity index is 2.41. The summed E-state index contributed by atoms with van der Waals surface area (Å²) in [4.78, 5) is 12.8. The Hall–Kier alpha value is -1.16. The molecule has 10 heavy (non-hydrogen) atoms. The molecule has 1 aromatic rings. The maximum Gasteiger partial charge on any atom is 0.156 e. The number of hydrogen-bond donors (Lipinski definition) is 1. The predicted octanol–water partition coefficient (Wildman–Crippen LogP) is 0.376. The van der Waals surface area contributed by atoms with Crippen molar-refractivity contribution in [2.45, 2.75) is 6.42 Å². The van der Waals surface area contributed by atoms with E-state index >= 15 is 0 Å². The van der Waals surface area contributed by atoms with Gasteiger partial charge in [-0.25, -0.2) is 15.4 Å². The Morgan fingerprint density at radius 2 is 2.60 bits per heavy atom. The molecule has 2 rings (SSSR count). The van der Waals surface area contributed by atoms with E-state index in [4.69, 9.17) is 4.84 Å². The minimum Gasteiger partial charge on any atom is -0.274 e. The highest BCUT2D eigenvalue weighted by molar-refractivity contribution is 5.41. The molecular weight excluding hydrogens is 130 g/mol. The lowest BCUT2D eigenvalue weighted by molar-refractivity contribution is 0.185. The van der Waals surface area contributed by atoms with Crippen LogP contribution in [0.2, 0.25) is 0 Å². The van der Waals surface area contributed by atoms with E-state index in [1.807, 2.05) is 0 Å². The lowest BCUT2D eigenvalue weighted by Gasteiger charge is -2.14. The molecule has 0 atom stereocenters. The molecule has 1 aliphatic rings. The average molecular weight is 137 g/mol. The first-order valence-electron chi connectivity index (χ1n) is 3.13. The summed E-state index contributed by atoms with van der Waals surface area (Å²) in [7, 11) is 0. The first-order valence-corrected chi connectivity index (χ1v) is 3.13. The van der Waals surface area contributed by atoms with Gasteiger partial charge in [0.25, 0.3) is 0 Å². The van der Waals surface area contributed by atoms with E-state index in [9.17, 15) is 0 Å². The normalized spacial score (nSPS) is 15.6. The SMILES string of the molecule is c1ncc2c(n1)NOCC2. The first-order chi connectivity index (χ1) is 4.97. The van der Waals surface area contributed by atoms with Crippen LogP contribution in [0.3, 0.4) is 0 Å². The topological polar surface area (TPSA) is 47.0 Å². The van der Waals surface area contributed by atoms with Crippen LogP contribution in [0.15, 0.2) is 12.5 Å². The molecular formula is C6H7N3O. The van der Waals surface area contributed by atoms with Gasteiger partial charge in [-0.05, 0) is 0 Å². The maximum atomic E-state index is 4.96. The lowest BCUT2D eigenvalue weighted by atomic mass is 10.2. The first kappa shape index (κ1) is 5.61. The molecule has 0 unspecified atom stereocenters. The number of fused-ring (bicyclic) bond motifs is 1. The molecule has 1 aliphatic heterocycles. The maximum absolute atomic E-state index is 4.96. The molecule has 0 amide bonds.